The first kappa shape index (κ1) is 13.2. The molecule has 1 N–H and O–H groups in total. The van der Waals surface area contributed by atoms with Crippen molar-refractivity contribution < 1.29 is 13.8 Å². The van der Waals surface area contributed by atoms with E-state index in [-0.39, 0.29) is 11.6 Å². The molecule has 1 amide bonds. The van der Waals surface area contributed by atoms with E-state index in [1.807, 2.05) is 36.0 Å². The summed E-state index contributed by atoms with van der Waals surface area (Å²) >= 11 is 0. The molecule has 1 heterocycles. The molecule has 0 aliphatic carbocycles. The van der Waals surface area contributed by atoms with Crippen LogP contribution in [0.15, 0.2) is 48.8 Å². The first-order chi connectivity index (χ1) is 9.15. The molecule has 0 saturated carbocycles. The molecule has 2 aromatic rings. The minimum Gasteiger partial charge on any atom is -0.323 e. The molecule has 0 aliphatic rings. The first-order valence-electron chi connectivity index (χ1n) is 6.15. The van der Waals surface area contributed by atoms with E-state index in [4.69, 9.17) is 0 Å². The Bertz CT molecular complexity index is 567. The van der Waals surface area contributed by atoms with Crippen molar-refractivity contribution in [3.8, 4) is 0 Å². The van der Waals surface area contributed by atoms with Crippen molar-refractivity contribution in [1.29, 1.82) is 0 Å². The number of amides is 1. The summed E-state index contributed by atoms with van der Waals surface area (Å²) < 4.78 is 15.3. The molecule has 0 spiro atoms. The number of hydrogen-bond donors (Lipinski definition) is 1. The molecule has 0 atom stereocenters. The fourth-order valence-electron chi connectivity index (χ4n) is 1.69. The Kier molecular flexibility index (Phi) is 4.23. The van der Waals surface area contributed by atoms with Crippen molar-refractivity contribution in [2.75, 3.05) is 5.32 Å². The molecule has 1 aromatic carbocycles. The molecule has 19 heavy (non-hydrogen) atoms. The Labute approximate surface area is 111 Å². The molecule has 0 bridgehead atoms. The summed E-state index contributed by atoms with van der Waals surface area (Å²) in [5.74, 6) is -0.614. The van der Waals surface area contributed by atoms with Crippen LogP contribution in [-0.4, -0.2) is 5.91 Å². The third kappa shape index (κ3) is 3.88. The topological polar surface area (TPSA) is 33.0 Å². The first-order valence-corrected chi connectivity index (χ1v) is 6.15. The number of carbonyl (C=O) groups is 1. The third-order valence-corrected chi connectivity index (χ3v) is 2.80. The zero-order chi connectivity index (χ0) is 13.7. The third-order valence-electron chi connectivity index (χ3n) is 2.80. The van der Waals surface area contributed by atoms with Crippen molar-refractivity contribution in [3.63, 3.8) is 0 Å². The fraction of sp³-hybridized carbons (Fsp3) is 0.200. The van der Waals surface area contributed by atoms with Gasteiger partial charge in [0.1, 0.15) is 5.82 Å². The molecule has 0 fully saturated rings. The van der Waals surface area contributed by atoms with Gasteiger partial charge in [-0.2, -0.15) is 0 Å². The second-order valence-corrected chi connectivity index (χ2v) is 4.39. The van der Waals surface area contributed by atoms with Gasteiger partial charge in [0, 0.05) is 12.1 Å². The lowest BCUT2D eigenvalue weighted by Crippen LogP contribution is -2.34. The van der Waals surface area contributed by atoms with E-state index in [9.17, 15) is 9.18 Å². The van der Waals surface area contributed by atoms with Gasteiger partial charge < -0.3 is 5.32 Å². The lowest BCUT2D eigenvalue weighted by molar-refractivity contribution is -0.695. The number of hydrogen-bond acceptors (Lipinski definition) is 1. The maximum atomic E-state index is 13.3. The van der Waals surface area contributed by atoms with E-state index in [2.05, 4.69) is 5.32 Å². The van der Waals surface area contributed by atoms with Crippen molar-refractivity contribution in [2.45, 2.75) is 19.9 Å². The monoisotopic (exact) mass is 259 g/mol. The van der Waals surface area contributed by atoms with Gasteiger partial charge in [-0.25, -0.2) is 8.96 Å². The van der Waals surface area contributed by atoms with Gasteiger partial charge in [-0.15, -0.1) is 0 Å². The summed E-state index contributed by atoms with van der Waals surface area (Å²) in [5, 5.41) is 2.56. The van der Waals surface area contributed by atoms with E-state index >= 15 is 0 Å². The minimum atomic E-state index is -0.418. The van der Waals surface area contributed by atoms with Gasteiger partial charge >= 0.3 is 0 Å². The smallest absolute Gasteiger partial charge is 0.230 e. The lowest BCUT2D eigenvalue weighted by atomic mass is 10.3. The molecule has 1 aromatic heterocycles. The van der Waals surface area contributed by atoms with Gasteiger partial charge in [0.2, 0.25) is 5.91 Å². The lowest BCUT2D eigenvalue weighted by Gasteiger charge is -2.04. The summed E-state index contributed by atoms with van der Waals surface area (Å²) in [6.07, 6.45) is 4.15. The molecule has 98 valence electrons. The number of benzene rings is 1. The summed E-state index contributed by atoms with van der Waals surface area (Å²) in [6, 6.07) is 10.1. The Hall–Kier alpha value is -2.23. The predicted octanol–water partition coefficient (Wildman–Crippen LogP) is 2.45. The van der Waals surface area contributed by atoms with Gasteiger partial charge in [0.05, 0.1) is 12.1 Å². The summed E-state index contributed by atoms with van der Waals surface area (Å²) in [4.78, 5) is 11.7. The number of halogens is 1. The van der Waals surface area contributed by atoms with Gasteiger partial charge in [-0.3, -0.25) is 4.79 Å². The van der Waals surface area contributed by atoms with Crippen molar-refractivity contribution in [1.82, 2.24) is 0 Å². The van der Waals surface area contributed by atoms with Crippen LogP contribution in [0, 0.1) is 12.7 Å². The molecular formula is C15H16FN2O+. The Morgan fingerprint density at radius 2 is 1.89 bits per heavy atom. The van der Waals surface area contributed by atoms with Crippen LogP contribution in [0.1, 0.15) is 12.0 Å². The van der Waals surface area contributed by atoms with Crippen molar-refractivity contribution in [3.05, 3.63) is 60.2 Å². The molecule has 3 nitrogen and oxygen atoms in total. The zero-order valence-electron chi connectivity index (χ0n) is 10.8. The number of rotatable bonds is 4. The number of aromatic nitrogens is 1. The SMILES string of the molecule is Cc1cc[n+](CCC(=O)Nc2ccccc2F)cc1. The average molecular weight is 259 g/mol. The van der Waals surface area contributed by atoms with Crippen molar-refractivity contribution in [2.24, 2.45) is 0 Å². The maximum absolute atomic E-state index is 13.3. The van der Waals surface area contributed by atoms with Crippen LogP contribution in [0.2, 0.25) is 0 Å². The van der Waals surface area contributed by atoms with Crippen LogP contribution in [-0.2, 0) is 11.3 Å². The van der Waals surface area contributed by atoms with Gasteiger partial charge in [-0.1, -0.05) is 12.1 Å². The Morgan fingerprint density at radius 1 is 1.21 bits per heavy atom. The van der Waals surface area contributed by atoms with Crippen LogP contribution in [0.5, 0.6) is 0 Å². The number of aryl methyl sites for hydroxylation is 2. The van der Waals surface area contributed by atoms with Crippen LogP contribution in [0.4, 0.5) is 10.1 Å². The summed E-state index contributed by atoms with van der Waals surface area (Å²) in [6.45, 7) is 2.58. The maximum Gasteiger partial charge on any atom is 0.230 e. The molecular weight excluding hydrogens is 243 g/mol. The molecule has 0 radical (unpaired) electrons. The standard InChI is InChI=1S/C15H15FN2O/c1-12-6-9-18(10-7-12)11-8-15(19)17-14-5-3-2-4-13(14)16/h2-7,9-10H,8,11H2,1H3/p+1. The molecule has 2 rings (SSSR count). The highest BCUT2D eigenvalue weighted by atomic mass is 19.1. The highest BCUT2D eigenvalue weighted by Gasteiger charge is 2.08. The van der Waals surface area contributed by atoms with E-state index in [1.54, 1.807) is 18.2 Å². The number of carbonyl (C=O) groups excluding carboxylic acids is 1. The van der Waals surface area contributed by atoms with Gasteiger partial charge in [0.15, 0.2) is 18.9 Å². The molecule has 0 saturated heterocycles. The van der Waals surface area contributed by atoms with E-state index < -0.39 is 5.82 Å². The van der Waals surface area contributed by atoms with Crippen LogP contribution < -0.4 is 9.88 Å². The predicted molar refractivity (Wildman–Crippen MR) is 71.0 cm³/mol. The second kappa shape index (κ2) is 6.09. The van der Waals surface area contributed by atoms with E-state index in [0.717, 1.165) is 0 Å². The Morgan fingerprint density at radius 3 is 2.58 bits per heavy atom. The normalized spacial score (nSPS) is 10.2. The van der Waals surface area contributed by atoms with Crippen molar-refractivity contribution >= 4 is 11.6 Å². The highest BCUT2D eigenvalue weighted by Crippen LogP contribution is 2.12. The van der Waals surface area contributed by atoms with E-state index in [1.165, 1.54) is 11.6 Å². The fourth-order valence-corrected chi connectivity index (χ4v) is 1.69. The highest BCUT2D eigenvalue weighted by molar-refractivity contribution is 5.90. The second-order valence-electron chi connectivity index (χ2n) is 4.39. The number of anilines is 1. The zero-order valence-corrected chi connectivity index (χ0v) is 10.8. The quantitative estimate of drug-likeness (QED) is 0.841. The molecule has 4 heteroatoms. The number of para-hydroxylation sites is 1. The number of pyridine rings is 1. The van der Waals surface area contributed by atoms with Crippen LogP contribution in [0.3, 0.4) is 0 Å². The minimum absolute atomic E-state index is 0.196. The average Bonchev–Trinajstić information content (AvgIpc) is 2.41. The number of nitrogens with one attached hydrogen (secondary N) is 1. The van der Waals surface area contributed by atoms with Crippen LogP contribution >= 0.6 is 0 Å². The van der Waals surface area contributed by atoms with E-state index in [0.29, 0.717) is 13.0 Å². The number of nitrogens with zero attached hydrogens (tertiary/aromatic N) is 1. The van der Waals surface area contributed by atoms with Gasteiger partial charge in [-0.05, 0) is 24.6 Å². The summed E-state index contributed by atoms with van der Waals surface area (Å²) in [7, 11) is 0. The van der Waals surface area contributed by atoms with Crippen LogP contribution in [0.25, 0.3) is 0 Å². The van der Waals surface area contributed by atoms with Gasteiger partial charge in [0.25, 0.3) is 0 Å². The Balaban J connectivity index is 1.88. The largest absolute Gasteiger partial charge is 0.323 e. The molecule has 0 aliphatic heterocycles. The molecule has 0 unspecified atom stereocenters. The summed E-state index contributed by atoms with van der Waals surface area (Å²) in [5.41, 5.74) is 1.40.